The fourth-order valence-electron chi connectivity index (χ4n) is 0.783. The van der Waals surface area contributed by atoms with Crippen molar-refractivity contribution in [1.29, 1.82) is 0 Å². The van der Waals surface area contributed by atoms with E-state index < -0.39 is 17.1 Å². The first-order chi connectivity index (χ1) is 7.48. The molecule has 0 amide bonds. The molecule has 4 heteroatoms. The van der Waals surface area contributed by atoms with Crippen LogP contribution in [-0.4, -0.2) is 18.2 Å². The highest BCUT2D eigenvalue weighted by molar-refractivity contribution is 5.77. The summed E-state index contributed by atoms with van der Waals surface area (Å²) in [5, 5.41) is 0. The smallest absolute Gasteiger partial charge is 0.314 e. The Bertz CT molecular complexity index is 253. The maximum atomic E-state index is 11.7. The van der Waals surface area contributed by atoms with Gasteiger partial charge in [-0.1, -0.05) is 6.92 Å². The van der Waals surface area contributed by atoms with Crippen LogP contribution < -0.4 is 0 Å². The summed E-state index contributed by atoms with van der Waals surface area (Å²) in [5.41, 5.74) is -1.19. The highest BCUT2D eigenvalue weighted by Crippen LogP contribution is 2.21. The van der Waals surface area contributed by atoms with Crippen molar-refractivity contribution >= 4 is 11.9 Å². The molecule has 4 nitrogen and oxygen atoms in total. The van der Waals surface area contributed by atoms with Crippen LogP contribution in [0.5, 0.6) is 0 Å². The van der Waals surface area contributed by atoms with E-state index in [2.05, 4.69) is 0 Å². The summed E-state index contributed by atoms with van der Waals surface area (Å²) in [6.45, 7) is 12.3. The first-order valence-electron chi connectivity index (χ1n) is 5.90. The zero-order valence-corrected chi connectivity index (χ0v) is 11.9. The van der Waals surface area contributed by atoms with Crippen molar-refractivity contribution < 1.29 is 19.1 Å². The monoisotopic (exact) mass is 244 g/mol. The van der Waals surface area contributed by atoms with Crippen molar-refractivity contribution in [2.24, 2.45) is 10.8 Å². The second-order valence-corrected chi connectivity index (χ2v) is 6.15. The van der Waals surface area contributed by atoms with E-state index in [-0.39, 0.29) is 11.9 Å². The van der Waals surface area contributed by atoms with E-state index in [0.717, 1.165) is 0 Å². The van der Waals surface area contributed by atoms with Crippen LogP contribution in [0.1, 0.15) is 54.9 Å². The number of hydrogen-bond acceptors (Lipinski definition) is 4. The highest BCUT2D eigenvalue weighted by atomic mass is 16.7. The van der Waals surface area contributed by atoms with Gasteiger partial charge in [-0.15, -0.1) is 0 Å². The molecule has 0 bridgehead atoms. The molecule has 0 saturated heterocycles. The van der Waals surface area contributed by atoms with Crippen LogP contribution in [0, 0.1) is 10.8 Å². The van der Waals surface area contributed by atoms with Crippen molar-refractivity contribution in [3.05, 3.63) is 0 Å². The topological polar surface area (TPSA) is 52.6 Å². The van der Waals surface area contributed by atoms with Gasteiger partial charge in [0.1, 0.15) is 0 Å². The number of esters is 2. The van der Waals surface area contributed by atoms with Crippen LogP contribution in [0.2, 0.25) is 0 Å². The SMILES string of the molecule is CCC(OC(=O)C(C)(C)C)OC(=O)C(C)(C)C. The molecule has 0 rings (SSSR count). The maximum Gasteiger partial charge on any atom is 0.314 e. The van der Waals surface area contributed by atoms with Crippen molar-refractivity contribution in [3.8, 4) is 0 Å². The third-order valence-corrected chi connectivity index (χ3v) is 2.04. The van der Waals surface area contributed by atoms with Crippen LogP contribution in [0.4, 0.5) is 0 Å². The summed E-state index contributed by atoms with van der Waals surface area (Å²) in [6, 6.07) is 0. The molecule has 17 heavy (non-hydrogen) atoms. The Morgan fingerprint density at radius 3 is 1.35 bits per heavy atom. The minimum absolute atomic E-state index is 0.369. The van der Waals surface area contributed by atoms with Crippen LogP contribution in [0.25, 0.3) is 0 Å². The molecule has 0 radical (unpaired) electrons. The number of rotatable bonds is 3. The van der Waals surface area contributed by atoms with Crippen LogP contribution >= 0.6 is 0 Å². The fraction of sp³-hybridized carbons (Fsp3) is 0.846. The number of ether oxygens (including phenoxy) is 2. The van der Waals surface area contributed by atoms with Gasteiger partial charge in [-0.2, -0.15) is 0 Å². The van der Waals surface area contributed by atoms with Gasteiger partial charge in [0.2, 0.25) is 6.29 Å². The second kappa shape index (κ2) is 5.52. The zero-order valence-electron chi connectivity index (χ0n) is 11.9. The van der Waals surface area contributed by atoms with E-state index in [9.17, 15) is 9.59 Å². The lowest BCUT2D eigenvalue weighted by Gasteiger charge is -2.25. The van der Waals surface area contributed by atoms with Gasteiger partial charge in [-0.25, -0.2) is 0 Å². The predicted octanol–water partition coefficient (Wildman–Crippen LogP) is 2.90. The van der Waals surface area contributed by atoms with Gasteiger partial charge >= 0.3 is 11.9 Å². The molecule has 0 aliphatic carbocycles. The van der Waals surface area contributed by atoms with Crippen LogP contribution in [-0.2, 0) is 19.1 Å². The Kier molecular flexibility index (Phi) is 5.17. The molecule has 0 N–H and O–H groups in total. The van der Waals surface area contributed by atoms with E-state index in [1.165, 1.54) is 0 Å². The Labute approximate surface area is 104 Å². The Balaban J connectivity index is 4.47. The van der Waals surface area contributed by atoms with Crippen molar-refractivity contribution in [2.45, 2.75) is 61.2 Å². The number of carbonyl (C=O) groups excluding carboxylic acids is 2. The van der Waals surface area contributed by atoms with Crippen molar-refractivity contribution in [3.63, 3.8) is 0 Å². The standard InChI is InChI=1S/C13H24O4/c1-8-9(16-10(14)12(2,3)4)17-11(15)13(5,6)7/h9H,8H2,1-7H3. The Morgan fingerprint density at radius 2 is 1.18 bits per heavy atom. The number of carbonyl (C=O) groups is 2. The van der Waals surface area contributed by atoms with Crippen LogP contribution in [0.3, 0.4) is 0 Å². The average molecular weight is 244 g/mol. The highest BCUT2D eigenvalue weighted by Gasteiger charge is 2.30. The molecule has 0 unspecified atom stereocenters. The van der Waals surface area contributed by atoms with Gasteiger partial charge in [0.15, 0.2) is 0 Å². The minimum atomic E-state index is -0.798. The molecule has 100 valence electrons. The van der Waals surface area contributed by atoms with Gasteiger partial charge in [0.05, 0.1) is 10.8 Å². The molecule has 0 spiro atoms. The quantitative estimate of drug-likeness (QED) is 0.566. The first kappa shape index (κ1) is 15.9. The summed E-state index contributed by atoms with van der Waals surface area (Å²) < 4.78 is 10.3. The van der Waals surface area contributed by atoms with Gasteiger partial charge in [0.25, 0.3) is 0 Å². The molecule has 0 aromatic carbocycles. The molecular formula is C13H24O4. The fourth-order valence-corrected chi connectivity index (χ4v) is 0.783. The van der Waals surface area contributed by atoms with Gasteiger partial charge < -0.3 is 9.47 Å². The van der Waals surface area contributed by atoms with E-state index in [4.69, 9.17) is 9.47 Å². The molecule has 0 aromatic rings. The first-order valence-corrected chi connectivity index (χ1v) is 5.90. The summed E-state index contributed by atoms with van der Waals surface area (Å²) in [7, 11) is 0. The van der Waals surface area contributed by atoms with Gasteiger partial charge in [-0.3, -0.25) is 9.59 Å². The lowest BCUT2D eigenvalue weighted by molar-refractivity contribution is -0.199. The number of hydrogen-bond donors (Lipinski definition) is 0. The molecule has 0 saturated carbocycles. The zero-order chi connectivity index (χ0) is 13.9. The summed E-state index contributed by atoms with van der Waals surface area (Å²) >= 11 is 0. The van der Waals surface area contributed by atoms with E-state index in [1.807, 2.05) is 0 Å². The third-order valence-electron chi connectivity index (χ3n) is 2.04. The van der Waals surface area contributed by atoms with Gasteiger partial charge in [-0.05, 0) is 41.5 Å². The maximum absolute atomic E-state index is 11.7. The molecule has 0 aromatic heterocycles. The lowest BCUT2D eigenvalue weighted by Crippen LogP contribution is -2.34. The molecule has 0 heterocycles. The summed E-state index contributed by atoms with van der Waals surface area (Å²) in [4.78, 5) is 23.3. The van der Waals surface area contributed by atoms with Gasteiger partial charge in [0, 0.05) is 6.42 Å². The summed E-state index contributed by atoms with van der Waals surface area (Å²) in [5.74, 6) is -0.739. The summed E-state index contributed by atoms with van der Waals surface area (Å²) in [6.07, 6.45) is -0.350. The van der Waals surface area contributed by atoms with Crippen molar-refractivity contribution in [1.82, 2.24) is 0 Å². The van der Waals surface area contributed by atoms with E-state index >= 15 is 0 Å². The minimum Gasteiger partial charge on any atom is -0.425 e. The average Bonchev–Trinajstić information content (AvgIpc) is 2.13. The van der Waals surface area contributed by atoms with E-state index in [0.29, 0.717) is 6.42 Å². The second-order valence-electron chi connectivity index (χ2n) is 6.15. The normalized spacial score (nSPS) is 12.5. The largest absolute Gasteiger partial charge is 0.425 e. The van der Waals surface area contributed by atoms with Crippen LogP contribution in [0.15, 0.2) is 0 Å². The third kappa shape index (κ3) is 5.71. The molecule has 0 aliphatic heterocycles. The molecule has 0 aliphatic rings. The predicted molar refractivity (Wildman–Crippen MR) is 65.2 cm³/mol. The molecular weight excluding hydrogens is 220 g/mol. The van der Waals surface area contributed by atoms with Crippen molar-refractivity contribution in [2.75, 3.05) is 0 Å². The molecule has 0 fully saturated rings. The Morgan fingerprint density at radius 1 is 0.882 bits per heavy atom. The lowest BCUT2D eigenvalue weighted by atomic mass is 9.97. The Hall–Kier alpha value is -1.06. The molecule has 0 atom stereocenters. The van der Waals surface area contributed by atoms with E-state index in [1.54, 1.807) is 48.5 Å².